The summed E-state index contributed by atoms with van der Waals surface area (Å²) in [6, 6.07) is 10.3. The highest BCUT2D eigenvalue weighted by Crippen LogP contribution is 2.34. The van der Waals surface area contributed by atoms with E-state index in [1.54, 1.807) is 11.8 Å². The molecule has 0 radical (unpaired) electrons. The number of phenolic OH excluding ortho intramolecular Hbond substituents is 1. The normalized spacial score (nSPS) is 15.7. The highest BCUT2D eigenvalue weighted by atomic mass is 79.9. The van der Waals surface area contributed by atoms with Crippen molar-refractivity contribution in [2.45, 2.75) is 11.8 Å². The molecular weight excluding hydrogens is 416 g/mol. The van der Waals surface area contributed by atoms with Crippen LogP contribution < -0.4 is 10.6 Å². The fraction of sp³-hybridized carbons (Fsp3) is 0.158. The maximum Gasteiger partial charge on any atom is 0.255 e. The molecule has 2 amide bonds. The molecule has 1 aliphatic rings. The SMILES string of the molecule is C=CC(=O)Nc1ccc(O)c(C(=O)NC2CSCc3ccc(Br)cc32)c1. The quantitative estimate of drug-likeness (QED) is 0.503. The second-order valence-electron chi connectivity index (χ2n) is 5.81. The second kappa shape index (κ2) is 7.97. The molecule has 0 bridgehead atoms. The van der Waals surface area contributed by atoms with Gasteiger partial charge < -0.3 is 15.7 Å². The third-order valence-electron chi connectivity index (χ3n) is 4.02. The highest BCUT2D eigenvalue weighted by Gasteiger charge is 2.24. The Bertz CT molecular complexity index is 885. The van der Waals surface area contributed by atoms with Crippen LogP contribution in [0.1, 0.15) is 27.5 Å². The Morgan fingerprint density at radius 3 is 2.85 bits per heavy atom. The maximum atomic E-state index is 12.7. The lowest BCUT2D eigenvalue weighted by Gasteiger charge is -2.26. The first kappa shape index (κ1) is 18.5. The molecule has 0 aromatic heterocycles. The number of anilines is 1. The van der Waals surface area contributed by atoms with Crippen molar-refractivity contribution in [3.8, 4) is 5.75 Å². The topological polar surface area (TPSA) is 78.4 Å². The molecule has 7 heteroatoms. The van der Waals surface area contributed by atoms with Gasteiger partial charge in [0.15, 0.2) is 0 Å². The molecule has 0 aliphatic carbocycles. The van der Waals surface area contributed by atoms with Crippen molar-refractivity contribution in [1.82, 2.24) is 5.32 Å². The Morgan fingerprint density at radius 2 is 2.08 bits per heavy atom. The lowest BCUT2D eigenvalue weighted by Crippen LogP contribution is -2.32. The number of rotatable bonds is 4. The van der Waals surface area contributed by atoms with Crippen molar-refractivity contribution in [3.05, 3.63) is 70.2 Å². The van der Waals surface area contributed by atoms with Crippen LogP contribution in [0.25, 0.3) is 0 Å². The number of amides is 2. The smallest absolute Gasteiger partial charge is 0.255 e. The monoisotopic (exact) mass is 432 g/mol. The van der Waals surface area contributed by atoms with Gasteiger partial charge in [-0.05, 0) is 47.5 Å². The summed E-state index contributed by atoms with van der Waals surface area (Å²) in [5.74, 6) is 0.740. The first-order valence-corrected chi connectivity index (χ1v) is 9.86. The van der Waals surface area contributed by atoms with Gasteiger partial charge in [-0.15, -0.1) is 0 Å². The molecule has 3 N–H and O–H groups in total. The van der Waals surface area contributed by atoms with Crippen LogP contribution in [0.3, 0.4) is 0 Å². The summed E-state index contributed by atoms with van der Waals surface area (Å²) < 4.78 is 0.958. The highest BCUT2D eigenvalue weighted by molar-refractivity contribution is 9.10. The Hall–Kier alpha value is -2.25. The van der Waals surface area contributed by atoms with Crippen LogP contribution >= 0.6 is 27.7 Å². The first-order valence-electron chi connectivity index (χ1n) is 7.91. The zero-order valence-corrected chi connectivity index (χ0v) is 16.2. The summed E-state index contributed by atoms with van der Waals surface area (Å²) in [4.78, 5) is 24.1. The van der Waals surface area contributed by atoms with E-state index in [0.717, 1.165) is 27.6 Å². The molecule has 1 heterocycles. The lowest BCUT2D eigenvalue weighted by atomic mass is 10.0. The molecule has 0 spiro atoms. The predicted molar refractivity (Wildman–Crippen MR) is 107 cm³/mol. The minimum Gasteiger partial charge on any atom is -0.507 e. The number of thioether (sulfide) groups is 1. The number of fused-ring (bicyclic) bond motifs is 1. The largest absolute Gasteiger partial charge is 0.507 e. The number of halogens is 1. The second-order valence-corrected chi connectivity index (χ2v) is 7.76. The molecule has 2 aromatic rings. The summed E-state index contributed by atoms with van der Waals surface area (Å²) in [7, 11) is 0. The third kappa shape index (κ3) is 4.11. The van der Waals surface area contributed by atoms with Gasteiger partial charge in [-0.1, -0.05) is 28.6 Å². The van der Waals surface area contributed by atoms with Crippen LogP contribution in [-0.4, -0.2) is 22.7 Å². The van der Waals surface area contributed by atoms with E-state index in [-0.39, 0.29) is 23.3 Å². The molecule has 134 valence electrons. The van der Waals surface area contributed by atoms with E-state index in [1.165, 1.54) is 23.8 Å². The predicted octanol–water partition coefficient (Wildman–Crippen LogP) is 4.00. The molecule has 0 fully saturated rings. The first-order chi connectivity index (χ1) is 12.5. The van der Waals surface area contributed by atoms with Crippen molar-refractivity contribution in [1.29, 1.82) is 0 Å². The fourth-order valence-corrected chi connectivity index (χ4v) is 4.22. The molecule has 3 rings (SSSR count). The Balaban J connectivity index is 1.83. The van der Waals surface area contributed by atoms with Crippen LogP contribution in [0, 0.1) is 0 Å². The molecule has 0 saturated heterocycles. The molecular formula is C19H17BrN2O3S. The van der Waals surface area contributed by atoms with Crippen molar-refractivity contribution in [2.75, 3.05) is 11.1 Å². The van der Waals surface area contributed by atoms with Crippen molar-refractivity contribution in [3.63, 3.8) is 0 Å². The van der Waals surface area contributed by atoms with E-state index < -0.39 is 5.91 Å². The van der Waals surface area contributed by atoms with Crippen molar-refractivity contribution >= 4 is 45.2 Å². The van der Waals surface area contributed by atoms with Gasteiger partial charge in [0.2, 0.25) is 5.91 Å². The number of phenols is 1. The number of carbonyl (C=O) groups is 2. The average molecular weight is 433 g/mol. The molecule has 26 heavy (non-hydrogen) atoms. The Kier molecular flexibility index (Phi) is 5.68. The van der Waals surface area contributed by atoms with E-state index in [0.29, 0.717) is 5.69 Å². The summed E-state index contributed by atoms with van der Waals surface area (Å²) in [5, 5.41) is 15.6. The van der Waals surface area contributed by atoms with Gasteiger partial charge >= 0.3 is 0 Å². The van der Waals surface area contributed by atoms with Gasteiger partial charge in [0.1, 0.15) is 5.75 Å². The minimum atomic E-state index is -0.393. The molecule has 0 saturated carbocycles. The third-order valence-corrected chi connectivity index (χ3v) is 5.60. The summed E-state index contributed by atoms with van der Waals surface area (Å²) >= 11 is 5.22. The van der Waals surface area contributed by atoms with Crippen molar-refractivity contribution < 1.29 is 14.7 Å². The van der Waals surface area contributed by atoms with Crippen LogP contribution in [-0.2, 0) is 10.5 Å². The number of nitrogens with one attached hydrogen (secondary N) is 2. The number of carbonyl (C=O) groups excluding carboxylic acids is 2. The van der Waals surface area contributed by atoms with Gasteiger partial charge in [0.05, 0.1) is 11.6 Å². The number of hydrogen-bond acceptors (Lipinski definition) is 4. The summed E-state index contributed by atoms with van der Waals surface area (Å²) in [6.07, 6.45) is 1.14. The Labute approximate surface area is 164 Å². The molecule has 1 atom stereocenters. The Morgan fingerprint density at radius 1 is 1.27 bits per heavy atom. The van der Waals surface area contributed by atoms with Crippen LogP contribution in [0.2, 0.25) is 0 Å². The number of aromatic hydroxyl groups is 1. The van der Waals surface area contributed by atoms with Gasteiger partial charge in [-0.3, -0.25) is 9.59 Å². The van der Waals surface area contributed by atoms with Crippen LogP contribution in [0.4, 0.5) is 5.69 Å². The van der Waals surface area contributed by atoms with E-state index >= 15 is 0 Å². The zero-order valence-electron chi connectivity index (χ0n) is 13.8. The van der Waals surface area contributed by atoms with Gasteiger partial charge in [0, 0.05) is 21.7 Å². The van der Waals surface area contributed by atoms with Gasteiger partial charge in [0.25, 0.3) is 5.91 Å². The van der Waals surface area contributed by atoms with Crippen molar-refractivity contribution in [2.24, 2.45) is 0 Å². The average Bonchev–Trinajstić information content (AvgIpc) is 2.63. The molecule has 1 unspecified atom stereocenters. The van der Waals surface area contributed by atoms with Gasteiger partial charge in [-0.25, -0.2) is 0 Å². The summed E-state index contributed by atoms with van der Waals surface area (Å²) in [6.45, 7) is 3.39. The molecule has 1 aliphatic heterocycles. The van der Waals surface area contributed by atoms with Crippen LogP contribution in [0.5, 0.6) is 5.75 Å². The maximum absolute atomic E-state index is 12.7. The van der Waals surface area contributed by atoms with E-state index in [1.807, 2.05) is 18.2 Å². The van der Waals surface area contributed by atoms with Crippen LogP contribution in [0.15, 0.2) is 53.5 Å². The lowest BCUT2D eigenvalue weighted by molar-refractivity contribution is -0.111. The molecule has 5 nitrogen and oxygen atoms in total. The van der Waals surface area contributed by atoms with E-state index in [9.17, 15) is 14.7 Å². The minimum absolute atomic E-state index is 0.110. The molecule has 2 aromatic carbocycles. The van der Waals surface area contributed by atoms with E-state index in [2.05, 4.69) is 33.1 Å². The zero-order chi connectivity index (χ0) is 18.7. The number of hydrogen-bond donors (Lipinski definition) is 3. The fourth-order valence-electron chi connectivity index (χ4n) is 2.74. The van der Waals surface area contributed by atoms with Gasteiger partial charge in [-0.2, -0.15) is 11.8 Å². The van der Waals surface area contributed by atoms with E-state index in [4.69, 9.17) is 0 Å². The standard InChI is InChI=1S/C19H17BrN2O3S/c1-2-18(24)21-13-5-6-17(23)15(8-13)19(25)22-16-10-26-9-11-3-4-12(20)7-14(11)16/h2-8,16,23H,1,9-10H2,(H,21,24)(H,22,25). The summed E-state index contributed by atoms with van der Waals surface area (Å²) in [5.41, 5.74) is 2.78. The number of benzene rings is 2.